The van der Waals surface area contributed by atoms with Gasteiger partial charge in [0, 0.05) is 0 Å². The Morgan fingerprint density at radius 1 is 1.29 bits per heavy atom. The third-order valence-corrected chi connectivity index (χ3v) is 3.39. The molecule has 1 aromatic carbocycles. The van der Waals surface area contributed by atoms with Crippen molar-refractivity contribution in [1.82, 2.24) is 5.32 Å². The second-order valence-electron chi connectivity index (χ2n) is 4.18. The van der Waals surface area contributed by atoms with Crippen molar-refractivity contribution >= 4 is 5.91 Å². The van der Waals surface area contributed by atoms with Crippen molar-refractivity contribution in [3.63, 3.8) is 0 Å². The molecule has 0 spiro atoms. The molecular formula is C12H13NO. The highest BCUT2D eigenvalue weighted by atomic mass is 16.2. The van der Waals surface area contributed by atoms with Gasteiger partial charge in [0.05, 0.1) is 12.0 Å². The molecule has 0 aromatic heterocycles. The summed E-state index contributed by atoms with van der Waals surface area (Å²) in [5, 5.41) is 3.00. The number of amides is 1. The number of carbonyl (C=O) groups is 1. The van der Waals surface area contributed by atoms with Crippen LogP contribution in [0.25, 0.3) is 0 Å². The van der Waals surface area contributed by atoms with Crippen LogP contribution in [0.15, 0.2) is 24.3 Å². The SMILES string of the molecule is O=C1NC2c3ccccc3CCCC12. The van der Waals surface area contributed by atoms with Gasteiger partial charge in [0.25, 0.3) is 0 Å². The van der Waals surface area contributed by atoms with E-state index < -0.39 is 0 Å². The predicted molar refractivity (Wildman–Crippen MR) is 53.8 cm³/mol. The minimum absolute atomic E-state index is 0.242. The summed E-state index contributed by atoms with van der Waals surface area (Å²) in [4.78, 5) is 11.3. The summed E-state index contributed by atoms with van der Waals surface area (Å²) in [6, 6.07) is 8.78. The zero-order valence-corrected chi connectivity index (χ0v) is 7.99. The van der Waals surface area contributed by atoms with E-state index in [1.807, 2.05) is 0 Å². The molecule has 2 atom stereocenters. The van der Waals surface area contributed by atoms with Gasteiger partial charge in [-0.25, -0.2) is 0 Å². The Morgan fingerprint density at radius 2 is 2.14 bits per heavy atom. The highest BCUT2D eigenvalue weighted by molar-refractivity contribution is 5.86. The van der Waals surface area contributed by atoms with Gasteiger partial charge in [-0.15, -0.1) is 0 Å². The average Bonchev–Trinajstić information content (AvgIpc) is 2.35. The van der Waals surface area contributed by atoms with Crippen LogP contribution in [0.1, 0.15) is 30.0 Å². The molecule has 1 aromatic rings. The second-order valence-corrected chi connectivity index (χ2v) is 4.18. The minimum Gasteiger partial charge on any atom is -0.348 e. The molecule has 3 rings (SSSR count). The predicted octanol–water partition coefficient (Wildman–Crippen LogP) is 1.81. The number of β-lactam (4-membered cyclic amide) rings is 1. The molecule has 1 aliphatic heterocycles. The molecule has 2 aliphatic rings. The van der Waals surface area contributed by atoms with E-state index in [1.165, 1.54) is 11.1 Å². The molecule has 0 saturated carbocycles. The van der Waals surface area contributed by atoms with E-state index in [0.717, 1.165) is 19.3 Å². The molecule has 1 amide bonds. The van der Waals surface area contributed by atoms with Crippen LogP contribution in [-0.2, 0) is 11.2 Å². The number of aryl methyl sites for hydroxylation is 1. The molecule has 2 unspecified atom stereocenters. The maximum atomic E-state index is 11.3. The van der Waals surface area contributed by atoms with Crippen LogP contribution in [0.2, 0.25) is 0 Å². The summed E-state index contributed by atoms with van der Waals surface area (Å²) in [6.07, 6.45) is 3.31. The summed E-state index contributed by atoms with van der Waals surface area (Å²) in [6.45, 7) is 0. The van der Waals surface area contributed by atoms with Crippen LogP contribution >= 0.6 is 0 Å². The van der Waals surface area contributed by atoms with Crippen LogP contribution in [-0.4, -0.2) is 5.91 Å². The first-order valence-corrected chi connectivity index (χ1v) is 5.24. The summed E-state index contributed by atoms with van der Waals surface area (Å²) in [5.41, 5.74) is 2.76. The van der Waals surface area contributed by atoms with Gasteiger partial charge < -0.3 is 5.32 Å². The Bertz CT molecular complexity index is 386. The minimum atomic E-state index is 0.242. The number of carbonyl (C=O) groups excluding carboxylic acids is 1. The monoisotopic (exact) mass is 187 g/mol. The molecule has 1 aliphatic carbocycles. The van der Waals surface area contributed by atoms with Crippen LogP contribution in [0.4, 0.5) is 0 Å². The Morgan fingerprint density at radius 3 is 3.00 bits per heavy atom. The van der Waals surface area contributed by atoms with Crippen LogP contribution in [0.3, 0.4) is 0 Å². The number of fused-ring (bicyclic) bond motifs is 3. The van der Waals surface area contributed by atoms with E-state index >= 15 is 0 Å². The molecule has 2 nitrogen and oxygen atoms in total. The zero-order valence-electron chi connectivity index (χ0n) is 7.99. The Balaban J connectivity index is 2.04. The number of hydrogen-bond donors (Lipinski definition) is 1. The van der Waals surface area contributed by atoms with Crippen LogP contribution < -0.4 is 5.32 Å². The first kappa shape index (κ1) is 8.04. The van der Waals surface area contributed by atoms with E-state index in [1.54, 1.807) is 0 Å². The smallest absolute Gasteiger partial charge is 0.226 e. The van der Waals surface area contributed by atoms with Gasteiger partial charge in [-0.3, -0.25) is 4.79 Å². The first-order valence-electron chi connectivity index (χ1n) is 5.24. The number of rotatable bonds is 0. The van der Waals surface area contributed by atoms with E-state index in [9.17, 15) is 4.79 Å². The second kappa shape index (κ2) is 2.84. The highest BCUT2D eigenvalue weighted by Crippen LogP contribution is 2.38. The van der Waals surface area contributed by atoms with Crippen molar-refractivity contribution in [2.24, 2.45) is 5.92 Å². The molecule has 1 N–H and O–H groups in total. The van der Waals surface area contributed by atoms with Gasteiger partial charge in [0.1, 0.15) is 0 Å². The molecular weight excluding hydrogens is 174 g/mol. The molecule has 1 saturated heterocycles. The van der Waals surface area contributed by atoms with Gasteiger partial charge in [-0.05, 0) is 30.4 Å². The van der Waals surface area contributed by atoms with E-state index in [0.29, 0.717) is 6.04 Å². The summed E-state index contributed by atoms with van der Waals surface area (Å²) in [7, 11) is 0. The van der Waals surface area contributed by atoms with Crippen molar-refractivity contribution < 1.29 is 4.79 Å². The maximum absolute atomic E-state index is 11.3. The fourth-order valence-electron chi connectivity index (χ4n) is 2.59. The summed E-state index contributed by atoms with van der Waals surface area (Å²) in [5.74, 6) is 0.491. The molecule has 0 radical (unpaired) electrons. The van der Waals surface area contributed by atoms with Gasteiger partial charge >= 0.3 is 0 Å². The number of nitrogens with one attached hydrogen (secondary N) is 1. The summed E-state index contributed by atoms with van der Waals surface area (Å²) >= 11 is 0. The molecule has 14 heavy (non-hydrogen) atoms. The average molecular weight is 187 g/mol. The fraction of sp³-hybridized carbons (Fsp3) is 0.417. The van der Waals surface area contributed by atoms with Crippen molar-refractivity contribution in [1.29, 1.82) is 0 Å². The molecule has 2 heteroatoms. The fourth-order valence-corrected chi connectivity index (χ4v) is 2.59. The molecule has 72 valence electrons. The normalized spacial score (nSPS) is 29.3. The Kier molecular flexibility index (Phi) is 1.63. The third-order valence-electron chi connectivity index (χ3n) is 3.39. The quantitative estimate of drug-likeness (QED) is 0.617. The number of benzene rings is 1. The van der Waals surface area contributed by atoms with Crippen LogP contribution in [0.5, 0.6) is 0 Å². The van der Waals surface area contributed by atoms with Crippen molar-refractivity contribution in [2.75, 3.05) is 0 Å². The lowest BCUT2D eigenvalue weighted by Crippen LogP contribution is -2.51. The lowest BCUT2D eigenvalue weighted by atomic mass is 9.83. The van der Waals surface area contributed by atoms with Gasteiger partial charge in [-0.2, -0.15) is 0 Å². The van der Waals surface area contributed by atoms with Crippen molar-refractivity contribution in [3.8, 4) is 0 Å². The van der Waals surface area contributed by atoms with Gasteiger partial charge in [-0.1, -0.05) is 24.3 Å². The maximum Gasteiger partial charge on any atom is 0.226 e. The van der Waals surface area contributed by atoms with Gasteiger partial charge in [0.15, 0.2) is 0 Å². The Labute approximate surface area is 83.3 Å². The lowest BCUT2D eigenvalue weighted by molar-refractivity contribution is -0.135. The molecule has 1 heterocycles. The van der Waals surface area contributed by atoms with E-state index in [2.05, 4.69) is 29.6 Å². The molecule has 0 bridgehead atoms. The standard InChI is InChI=1S/C12H13NO/c14-12-10-7-3-5-8-4-1-2-6-9(8)11(10)13-12/h1-2,4,6,10-11H,3,5,7H2,(H,13,14). The van der Waals surface area contributed by atoms with Crippen molar-refractivity contribution in [2.45, 2.75) is 25.3 Å². The zero-order chi connectivity index (χ0) is 9.54. The van der Waals surface area contributed by atoms with E-state index in [4.69, 9.17) is 0 Å². The first-order chi connectivity index (χ1) is 6.86. The lowest BCUT2D eigenvalue weighted by Gasteiger charge is -2.36. The third kappa shape index (κ3) is 0.999. The van der Waals surface area contributed by atoms with Crippen LogP contribution in [0, 0.1) is 5.92 Å². The number of hydrogen-bond acceptors (Lipinski definition) is 1. The van der Waals surface area contributed by atoms with E-state index in [-0.39, 0.29) is 11.8 Å². The highest BCUT2D eigenvalue weighted by Gasteiger charge is 2.41. The topological polar surface area (TPSA) is 29.1 Å². The van der Waals surface area contributed by atoms with Gasteiger partial charge in [0.2, 0.25) is 5.91 Å². The van der Waals surface area contributed by atoms with Crippen molar-refractivity contribution in [3.05, 3.63) is 35.4 Å². The molecule has 1 fully saturated rings. The summed E-state index contributed by atoms with van der Waals surface area (Å²) < 4.78 is 0. The largest absolute Gasteiger partial charge is 0.348 e. The Hall–Kier alpha value is -1.31.